The highest BCUT2D eigenvalue weighted by atomic mass is 16.5. The van der Waals surface area contributed by atoms with E-state index >= 15 is 0 Å². The third-order valence-corrected chi connectivity index (χ3v) is 7.80. The van der Waals surface area contributed by atoms with Crippen molar-refractivity contribution in [2.45, 2.75) is 45.1 Å². The van der Waals surface area contributed by atoms with Crippen LogP contribution in [0.1, 0.15) is 55.5 Å². The highest BCUT2D eigenvalue weighted by molar-refractivity contribution is 6.10. The second-order valence-corrected chi connectivity index (χ2v) is 9.33. The summed E-state index contributed by atoms with van der Waals surface area (Å²) in [6.45, 7) is 7.19. The van der Waals surface area contributed by atoms with Crippen LogP contribution in [-0.2, 0) is 0 Å². The van der Waals surface area contributed by atoms with E-state index < -0.39 is 0 Å². The van der Waals surface area contributed by atoms with Gasteiger partial charge in [0.2, 0.25) is 0 Å². The summed E-state index contributed by atoms with van der Waals surface area (Å²) in [7, 11) is 0. The van der Waals surface area contributed by atoms with Crippen molar-refractivity contribution in [1.29, 1.82) is 0 Å². The van der Waals surface area contributed by atoms with Gasteiger partial charge < -0.3 is 9.72 Å². The quantitative estimate of drug-likeness (QED) is 0.597. The molecule has 0 spiro atoms. The van der Waals surface area contributed by atoms with E-state index in [1.165, 1.54) is 22.9 Å². The number of aldehydes is 1. The standard InChI is InChI=1S/C23H23NO2/c1-22(2)15-8-9-23(3)19(15)20(22)18-17(26-23)7-5-13-14-10-12(11-25)4-6-16(14)24-21(13)18/h4-7,10-11,15,19-20,24H,8-9H2,1-3H3/t15-,19+,20+,23+/m1/s1. The van der Waals surface area contributed by atoms with Crippen molar-refractivity contribution in [3.8, 4) is 5.75 Å². The highest BCUT2D eigenvalue weighted by Crippen LogP contribution is 2.73. The SMILES string of the molecule is CC1(C)[C@@H]2CC[C@]3(C)Oc4ccc5c([nH]c6ccc(C=O)cc65)c4[C@H]1[C@H]23. The Morgan fingerprint density at radius 3 is 2.81 bits per heavy atom. The molecule has 2 saturated carbocycles. The number of benzene rings is 2. The zero-order valence-corrected chi connectivity index (χ0v) is 15.4. The molecule has 0 bridgehead atoms. The molecule has 0 saturated heterocycles. The fourth-order valence-corrected chi connectivity index (χ4v) is 6.59. The molecule has 0 radical (unpaired) electrons. The Morgan fingerprint density at radius 1 is 1.15 bits per heavy atom. The zero-order valence-electron chi connectivity index (χ0n) is 15.4. The summed E-state index contributed by atoms with van der Waals surface area (Å²) in [5, 5.41) is 2.33. The molecule has 2 heterocycles. The van der Waals surface area contributed by atoms with E-state index in [9.17, 15) is 4.79 Å². The monoisotopic (exact) mass is 345 g/mol. The van der Waals surface area contributed by atoms with Crippen LogP contribution in [-0.4, -0.2) is 16.9 Å². The summed E-state index contributed by atoms with van der Waals surface area (Å²) in [6.07, 6.45) is 3.36. The van der Waals surface area contributed by atoms with E-state index in [0.717, 1.165) is 40.8 Å². The van der Waals surface area contributed by atoms with Crippen LogP contribution < -0.4 is 4.74 Å². The number of hydrogen-bond donors (Lipinski definition) is 1. The Hall–Kier alpha value is -2.29. The van der Waals surface area contributed by atoms with Crippen molar-refractivity contribution in [1.82, 2.24) is 4.98 Å². The van der Waals surface area contributed by atoms with E-state index in [1.54, 1.807) is 0 Å². The molecule has 26 heavy (non-hydrogen) atoms. The van der Waals surface area contributed by atoms with Crippen molar-refractivity contribution >= 4 is 28.1 Å². The molecule has 3 aliphatic rings. The summed E-state index contributed by atoms with van der Waals surface area (Å²) >= 11 is 0. The number of H-pyrrole nitrogens is 1. The van der Waals surface area contributed by atoms with Crippen LogP contribution in [0.15, 0.2) is 30.3 Å². The Bertz CT molecular complexity index is 1110. The second kappa shape index (κ2) is 4.33. The number of rotatable bonds is 1. The van der Waals surface area contributed by atoms with Crippen LogP contribution in [0.5, 0.6) is 5.75 Å². The van der Waals surface area contributed by atoms with Crippen molar-refractivity contribution in [2.24, 2.45) is 17.3 Å². The van der Waals surface area contributed by atoms with Gasteiger partial charge in [0.25, 0.3) is 0 Å². The molecule has 2 fully saturated rings. The molecule has 6 rings (SSSR count). The molecule has 2 aliphatic carbocycles. The van der Waals surface area contributed by atoms with E-state index in [-0.39, 0.29) is 5.60 Å². The van der Waals surface area contributed by atoms with Gasteiger partial charge >= 0.3 is 0 Å². The first-order valence-corrected chi connectivity index (χ1v) is 9.66. The number of nitrogens with one attached hydrogen (secondary N) is 1. The molecule has 1 aromatic heterocycles. The molecule has 2 aromatic carbocycles. The van der Waals surface area contributed by atoms with Crippen molar-refractivity contribution in [2.75, 3.05) is 0 Å². The van der Waals surface area contributed by atoms with Gasteiger partial charge in [-0.3, -0.25) is 4.79 Å². The topological polar surface area (TPSA) is 42.1 Å². The minimum atomic E-state index is -0.0117. The molecule has 132 valence electrons. The molecule has 0 amide bonds. The molecule has 3 heteroatoms. The second-order valence-electron chi connectivity index (χ2n) is 9.33. The Labute approximate surface area is 152 Å². The third-order valence-electron chi connectivity index (χ3n) is 7.80. The summed E-state index contributed by atoms with van der Waals surface area (Å²) in [5.74, 6) is 2.96. The van der Waals surface area contributed by atoms with Crippen LogP contribution in [0.3, 0.4) is 0 Å². The molecule has 1 N–H and O–H groups in total. The van der Waals surface area contributed by atoms with Crippen LogP contribution >= 0.6 is 0 Å². The number of aromatic amines is 1. The maximum absolute atomic E-state index is 11.2. The van der Waals surface area contributed by atoms with Gasteiger partial charge in [0.15, 0.2) is 0 Å². The lowest BCUT2D eigenvalue weighted by Crippen LogP contribution is -2.59. The van der Waals surface area contributed by atoms with Gasteiger partial charge in [-0.05, 0) is 61.4 Å². The van der Waals surface area contributed by atoms with Crippen LogP contribution in [0.4, 0.5) is 0 Å². The van der Waals surface area contributed by atoms with Gasteiger partial charge in [-0.25, -0.2) is 0 Å². The maximum atomic E-state index is 11.2. The molecule has 3 nitrogen and oxygen atoms in total. The average molecular weight is 345 g/mol. The predicted octanol–water partition coefficient (Wildman–Crippen LogP) is 5.43. The van der Waals surface area contributed by atoms with Crippen LogP contribution in [0.25, 0.3) is 21.8 Å². The van der Waals surface area contributed by atoms with E-state index in [1.807, 2.05) is 18.2 Å². The largest absolute Gasteiger partial charge is 0.487 e. The number of fused-ring (bicyclic) bond motifs is 6. The first kappa shape index (κ1) is 14.8. The molecule has 1 aliphatic heterocycles. The van der Waals surface area contributed by atoms with E-state index in [2.05, 4.69) is 37.9 Å². The maximum Gasteiger partial charge on any atom is 0.150 e. The average Bonchev–Trinajstić information content (AvgIpc) is 3.15. The van der Waals surface area contributed by atoms with Crippen LogP contribution in [0, 0.1) is 17.3 Å². The molecule has 0 unspecified atom stereocenters. The Morgan fingerprint density at radius 2 is 2.00 bits per heavy atom. The van der Waals surface area contributed by atoms with E-state index in [0.29, 0.717) is 17.3 Å². The number of ether oxygens (including phenoxy) is 1. The van der Waals surface area contributed by atoms with Gasteiger partial charge in [-0.15, -0.1) is 0 Å². The molecular formula is C23H23NO2. The third kappa shape index (κ3) is 1.50. The fourth-order valence-electron chi connectivity index (χ4n) is 6.59. The molecule has 4 atom stereocenters. The first-order chi connectivity index (χ1) is 12.4. The fraction of sp³-hybridized carbons (Fsp3) is 0.435. The lowest BCUT2D eigenvalue weighted by Gasteiger charge is -2.62. The lowest BCUT2D eigenvalue weighted by molar-refractivity contribution is -0.119. The summed E-state index contributed by atoms with van der Waals surface area (Å²) in [6, 6.07) is 10.2. The number of carbonyl (C=O) groups is 1. The normalized spacial score (nSPS) is 33.4. The predicted molar refractivity (Wildman–Crippen MR) is 103 cm³/mol. The number of hydrogen-bond acceptors (Lipinski definition) is 2. The van der Waals surface area contributed by atoms with Crippen molar-refractivity contribution in [3.63, 3.8) is 0 Å². The van der Waals surface area contributed by atoms with Gasteiger partial charge in [0, 0.05) is 39.3 Å². The smallest absolute Gasteiger partial charge is 0.150 e. The van der Waals surface area contributed by atoms with Gasteiger partial charge in [0.05, 0.1) is 5.52 Å². The number of carbonyl (C=O) groups excluding carboxylic acids is 1. The van der Waals surface area contributed by atoms with E-state index in [4.69, 9.17) is 4.74 Å². The first-order valence-electron chi connectivity index (χ1n) is 9.66. The zero-order chi connectivity index (χ0) is 17.8. The lowest BCUT2D eigenvalue weighted by atomic mass is 9.45. The summed E-state index contributed by atoms with van der Waals surface area (Å²) in [4.78, 5) is 14.9. The molecular weight excluding hydrogens is 322 g/mol. The van der Waals surface area contributed by atoms with Crippen molar-refractivity contribution < 1.29 is 9.53 Å². The van der Waals surface area contributed by atoms with Gasteiger partial charge in [-0.1, -0.05) is 13.8 Å². The minimum absolute atomic E-state index is 0.0117. The summed E-state index contributed by atoms with van der Waals surface area (Å²) < 4.78 is 6.61. The van der Waals surface area contributed by atoms with Gasteiger partial charge in [-0.2, -0.15) is 0 Å². The Kier molecular flexibility index (Phi) is 2.47. The highest BCUT2D eigenvalue weighted by Gasteiger charge is 2.69. The Balaban J connectivity index is 1.67. The molecule has 3 aromatic rings. The number of aromatic nitrogens is 1. The van der Waals surface area contributed by atoms with Crippen molar-refractivity contribution in [3.05, 3.63) is 41.5 Å². The van der Waals surface area contributed by atoms with Gasteiger partial charge in [0.1, 0.15) is 17.6 Å². The summed E-state index contributed by atoms with van der Waals surface area (Å²) in [5.41, 5.74) is 4.66. The van der Waals surface area contributed by atoms with Crippen LogP contribution in [0.2, 0.25) is 0 Å². The minimum Gasteiger partial charge on any atom is -0.487 e.